The number of nitrogens with zero attached hydrogens (tertiary/aromatic N) is 1. The van der Waals surface area contributed by atoms with Gasteiger partial charge in [-0.15, -0.1) is 0 Å². The topological polar surface area (TPSA) is 94.9 Å². The van der Waals surface area contributed by atoms with Crippen LogP contribution in [0.15, 0.2) is 21.5 Å². The van der Waals surface area contributed by atoms with Crippen LogP contribution in [0.3, 0.4) is 0 Å². The fraction of sp³-hybridized carbons (Fsp3) is 0.462. The zero-order valence-corrected chi connectivity index (χ0v) is 14.6. The Kier molecular flexibility index (Phi) is 5.20. The Hall–Kier alpha value is -0.960. The molecule has 118 valence electrons. The molecule has 1 aromatic carbocycles. The number of hydrogen-bond donors (Lipinski definition) is 2. The first-order valence-electron chi connectivity index (χ1n) is 6.08. The second-order valence-corrected chi connectivity index (χ2v) is 8.15. The van der Waals surface area contributed by atoms with E-state index in [9.17, 15) is 18.3 Å². The molecule has 0 spiro atoms. The molecule has 0 aliphatic rings. The van der Waals surface area contributed by atoms with Crippen molar-refractivity contribution in [2.24, 2.45) is 0 Å². The van der Waals surface area contributed by atoms with Crippen molar-refractivity contribution in [1.82, 2.24) is 4.31 Å². The number of sulfonamides is 1. The number of carboxylic acids is 1. The normalized spacial score (nSPS) is 12.7. The monoisotopic (exact) mass is 379 g/mol. The molecule has 0 aliphatic heterocycles. The molecule has 0 fully saturated rings. The molecule has 0 unspecified atom stereocenters. The summed E-state index contributed by atoms with van der Waals surface area (Å²) < 4.78 is 26.6. The van der Waals surface area contributed by atoms with Gasteiger partial charge in [0, 0.05) is 11.5 Å². The van der Waals surface area contributed by atoms with E-state index in [-0.39, 0.29) is 17.1 Å². The molecular formula is C13H18BrNO5S. The van der Waals surface area contributed by atoms with E-state index < -0.39 is 21.5 Å². The summed E-state index contributed by atoms with van der Waals surface area (Å²) in [6.45, 7) is 4.38. The molecule has 8 heteroatoms. The van der Waals surface area contributed by atoms with E-state index in [2.05, 4.69) is 15.9 Å². The quantitative estimate of drug-likeness (QED) is 0.813. The van der Waals surface area contributed by atoms with Crippen LogP contribution in [0.2, 0.25) is 0 Å². The maximum atomic E-state index is 12.6. The molecule has 0 radical (unpaired) electrons. The summed E-state index contributed by atoms with van der Waals surface area (Å²) in [5.74, 6) is -1.20. The van der Waals surface area contributed by atoms with Gasteiger partial charge in [-0.1, -0.05) is 15.9 Å². The number of halogens is 1. The fourth-order valence-electron chi connectivity index (χ4n) is 1.61. The van der Waals surface area contributed by atoms with Crippen LogP contribution in [0.25, 0.3) is 0 Å². The van der Waals surface area contributed by atoms with Gasteiger partial charge in [-0.3, -0.25) is 0 Å². The van der Waals surface area contributed by atoms with Gasteiger partial charge in [0.2, 0.25) is 10.0 Å². The molecule has 1 rings (SSSR count). The van der Waals surface area contributed by atoms with Crippen molar-refractivity contribution in [3.63, 3.8) is 0 Å². The average molecular weight is 380 g/mol. The summed E-state index contributed by atoms with van der Waals surface area (Å²) in [6, 6.07) is 2.49. The lowest BCUT2D eigenvalue weighted by Gasteiger charge is -2.32. The Bertz CT molecular complexity index is 669. The van der Waals surface area contributed by atoms with Crippen LogP contribution in [0.4, 0.5) is 0 Å². The number of rotatable bonds is 5. The molecule has 0 bridgehead atoms. The highest BCUT2D eigenvalue weighted by molar-refractivity contribution is 9.10. The van der Waals surface area contributed by atoms with Crippen molar-refractivity contribution in [2.75, 3.05) is 13.7 Å². The third-order valence-corrected chi connectivity index (χ3v) is 6.32. The van der Waals surface area contributed by atoms with Crippen molar-refractivity contribution in [1.29, 1.82) is 0 Å². The van der Waals surface area contributed by atoms with Crippen molar-refractivity contribution >= 4 is 31.9 Å². The first-order valence-corrected chi connectivity index (χ1v) is 8.32. The zero-order valence-electron chi connectivity index (χ0n) is 12.2. The number of likely N-dealkylation sites (N-methyl/N-ethyl adjacent to an activating group) is 1. The Morgan fingerprint density at radius 3 is 2.33 bits per heavy atom. The van der Waals surface area contributed by atoms with E-state index in [0.717, 1.165) is 10.4 Å². The highest BCUT2D eigenvalue weighted by Crippen LogP contribution is 2.29. The standard InChI is InChI=1S/C13H18BrNO5S/c1-8-10(12(17)18)5-9(6-11(8)14)21(19,20)15(4)13(2,3)7-16/h5-6,16H,7H2,1-4H3,(H,17,18). The molecule has 0 atom stereocenters. The van der Waals surface area contributed by atoms with Crippen LogP contribution in [-0.2, 0) is 10.0 Å². The van der Waals surface area contributed by atoms with Crippen LogP contribution < -0.4 is 0 Å². The fourth-order valence-corrected chi connectivity index (χ4v) is 3.78. The number of aromatic carboxylic acids is 1. The Labute approximate surface area is 132 Å². The van der Waals surface area contributed by atoms with Crippen LogP contribution in [0.5, 0.6) is 0 Å². The number of aliphatic hydroxyl groups is 1. The minimum atomic E-state index is -3.92. The van der Waals surface area contributed by atoms with Gasteiger partial charge >= 0.3 is 5.97 Å². The van der Waals surface area contributed by atoms with Crippen molar-refractivity contribution in [2.45, 2.75) is 31.2 Å². The summed E-state index contributed by atoms with van der Waals surface area (Å²) in [5.41, 5.74) is -0.636. The number of hydrogen-bond acceptors (Lipinski definition) is 4. The molecule has 6 nitrogen and oxygen atoms in total. The number of benzene rings is 1. The largest absolute Gasteiger partial charge is 0.478 e. The van der Waals surface area contributed by atoms with Gasteiger partial charge in [0.15, 0.2) is 0 Å². The van der Waals surface area contributed by atoms with Gasteiger partial charge in [0.05, 0.1) is 22.6 Å². The molecule has 1 aromatic rings. The smallest absolute Gasteiger partial charge is 0.336 e. The van der Waals surface area contributed by atoms with Crippen LogP contribution in [-0.4, -0.2) is 48.1 Å². The third-order valence-electron chi connectivity index (χ3n) is 3.45. The van der Waals surface area contributed by atoms with Gasteiger partial charge in [-0.05, 0) is 38.5 Å². The third kappa shape index (κ3) is 3.45. The lowest BCUT2D eigenvalue weighted by atomic mass is 10.1. The van der Waals surface area contributed by atoms with E-state index in [4.69, 9.17) is 5.11 Å². The zero-order chi connectivity index (χ0) is 16.6. The van der Waals surface area contributed by atoms with E-state index in [1.165, 1.54) is 13.1 Å². The summed E-state index contributed by atoms with van der Waals surface area (Å²) >= 11 is 3.18. The van der Waals surface area contributed by atoms with Crippen LogP contribution in [0, 0.1) is 6.92 Å². The number of carboxylic acid groups (broad SMARTS) is 1. The van der Waals surface area contributed by atoms with Crippen molar-refractivity contribution in [3.05, 3.63) is 27.7 Å². The molecule has 0 aromatic heterocycles. The van der Waals surface area contributed by atoms with Crippen molar-refractivity contribution in [3.8, 4) is 0 Å². The average Bonchev–Trinajstić information content (AvgIpc) is 2.40. The lowest BCUT2D eigenvalue weighted by Crippen LogP contribution is -2.47. The maximum absolute atomic E-state index is 12.6. The Balaban J connectivity index is 3.50. The van der Waals surface area contributed by atoms with E-state index in [0.29, 0.717) is 10.0 Å². The molecule has 2 N–H and O–H groups in total. The Morgan fingerprint density at radius 1 is 1.38 bits per heavy atom. The molecule has 0 heterocycles. The first kappa shape index (κ1) is 18.1. The molecule has 21 heavy (non-hydrogen) atoms. The van der Waals surface area contributed by atoms with E-state index in [1.54, 1.807) is 20.8 Å². The second-order valence-electron chi connectivity index (χ2n) is 5.33. The highest BCUT2D eigenvalue weighted by Gasteiger charge is 2.34. The SMILES string of the molecule is Cc1c(Br)cc(S(=O)(=O)N(C)C(C)(C)CO)cc1C(=O)O. The van der Waals surface area contributed by atoms with Gasteiger partial charge < -0.3 is 10.2 Å². The molecule has 0 saturated carbocycles. The van der Waals surface area contributed by atoms with Gasteiger partial charge in [-0.25, -0.2) is 13.2 Å². The summed E-state index contributed by atoms with van der Waals surface area (Å²) in [6.07, 6.45) is 0. The first-order chi connectivity index (χ1) is 9.45. The van der Waals surface area contributed by atoms with Crippen molar-refractivity contribution < 1.29 is 23.4 Å². The number of aliphatic hydroxyl groups excluding tert-OH is 1. The molecule has 0 saturated heterocycles. The second kappa shape index (κ2) is 6.04. The van der Waals surface area contributed by atoms with E-state index in [1.807, 2.05) is 0 Å². The Morgan fingerprint density at radius 2 is 1.90 bits per heavy atom. The minimum Gasteiger partial charge on any atom is -0.478 e. The van der Waals surface area contributed by atoms with Crippen LogP contribution in [0.1, 0.15) is 29.8 Å². The van der Waals surface area contributed by atoms with Crippen LogP contribution >= 0.6 is 15.9 Å². The highest BCUT2D eigenvalue weighted by atomic mass is 79.9. The minimum absolute atomic E-state index is 0.0850. The summed E-state index contributed by atoms with van der Waals surface area (Å²) in [4.78, 5) is 11.1. The summed E-state index contributed by atoms with van der Waals surface area (Å²) in [7, 11) is -2.58. The van der Waals surface area contributed by atoms with Gasteiger partial charge in [-0.2, -0.15) is 4.31 Å². The molecule has 0 aliphatic carbocycles. The predicted molar refractivity (Wildman–Crippen MR) is 82.0 cm³/mol. The maximum Gasteiger partial charge on any atom is 0.336 e. The number of carbonyl (C=O) groups is 1. The summed E-state index contributed by atoms with van der Waals surface area (Å²) in [5, 5.41) is 18.5. The van der Waals surface area contributed by atoms with Gasteiger partial charge in [0.25, 0.3) is 0 Å². The molecule has 0 amide bonds. The van der Waals surface area contributed by atoms with E-state index >= 15 is 0 Å². The van der Waals surface area contributed by atoms with Gasteiger partial charge in [0.1, 0.15) is 0 Å². The molecular weight excluding hydrogens is 362 g/mol. The lowest BCUT2D eigenvalue weighted by molar-refractivity contribution is 0.0695. The predicted octanol–water partition coefficient (Wildman–Crippen LogP) is 1.85.